The van der Waals surface area contributed by atoms with Crippen LogP contribution in [0.15, 0.2) is 76.5 Å². The second-order valence-corrected chi connectivity index (χ2v) is 8.63. The molecule has 1 aliphatic heterocycles. The van der Waals surface area contributed by atoms with Gasteiger partial charge in [-0.2, -0.15) is 0 Å². The number of furan rings is 1. The number of nitrogens with zero attached hydrogens (tertiary/aromatic N) is 4. The van der Waals surface area contributed by atoms with Gasteiger partial charge in [0, 0.05) is 22.9 Å². The Labute approximate surface area is 193 Å². The summed E-state index contributed by atoms with van der Waals surface area (Å²) in [4.78, 5) is 26.5. The van der Waals surface area contributed by atoms with Crippen LogP contribution in [0, 0.1) is 0 Å². The standard InChI is InChI=1S/C23H17ClN4O3S/c24-16-9-7-15(8-10-16)20-25-26-23(28(20)14-17-4-3-12-31-17)32-13-11-27-21(29)18-5-1-2-6-19(18)22(27)30/h1-10,12H,11,13-14H2. The van der Waals surface area contributed by atoms with Crippen molar-refractivity contribution in [2.75, 3.05) is 12.3 Å². The number of thioether (sulfide) groups is 1. The first-order chi connectivity index (χ1) is 15.6. The van der Waals surface area contributed by atoms with Gasteiger partial charge >= 0.3 is 0 Å². The molecule has 160 valence electrons. The van der Waals surface area contributed by atoms with E-state index in [0.29, 0.717) is 39.4 Å². The summed E-state index contributed by atoms with van der Waals surface area (Å²) in [5.74, 6) is 1.42. The van der Waals surface area contributed by atoms with Crippen molar-refractivity contribution in [3.05, 3.63) is 88.8 Å². The quantitative estimate of drug-likeness (QED) is 0.293. The number of benzene rings is 2. The van der Waals surface area contributed by atoms with E-state index in [1.54, 1.807) is 42.7 Å². The van der Waals surface area contributed by atoms with E-state index in [0.717, 1.165) is 11.3 Å². The van der Waals surface area contributed by atoms with E-state index in [9.17, 15) is 9.59 Å². The summed E-state index contributed by atoms with van der Waals surface area (Å²) < 4.78 is 7.47. The number of imide groups is 1. The fourth-order valence-corrected chi connectivity index (χ4v) is 4.57. The van der Waals surface area contributed by atoms with Crippen LogP contribution in [0.5, 0.6) is 0 Å². The Morgan fingerprint density at radius 2 is 1.62 bits per heavy atom. The SMILES string of the molecule is O=C1c2ccccc2C(=O)N1CCSc1nnc(-c2ccc(Cl)cc2)n1Cc1ccco1. The average Bonchev–Trinajstić information content (AvgIpc) is 3.52. The van der Waals surface area contributed by atoms with E-state index in [1.807, 2.05) is 28.8 Å². The maximum Gasteiger partial charge on any atom is 0.261 e. The smallest absolute Gasteiger partial charge is 0.261 e. The number of carbonyl (C=O) groups is 2. The van der Waals surface area contributed by atoms with Gasteiger partial charge in [-0.3, -0.25) is 19.1 Å². The molecule has 0 saturated heterocycles. The van der Waals surface area contributed by atoms with Crippen LogP contribution < -0.4 is 0 Å². The molecule has 9 heteroatoms. The molecule has 2 aromatic heterocycles. The number of aromatic nitrogens is 3. The summed E-state index contributed by atoms with van der Waals surface area (Å²) in [5.41, 5.74) is 1.78. The Balaban J connectivity index is 1.35. The zero-order chi connectivity index (χ0) is 22.1. The normalized spacial score (nSPS) is 13.1. The van der Waals surface area contributed by atoms with Crippen LogP contribution in [0.2, 0.25) is 5.02 Å². The number of rotatable bonds is 7. The molecule has 5 rings (SSSR count). The van der Waals surface area contributed by atoms with Gasteiger partial charge in [0.15, 0.2) is 11.0 Å². The Kier molecular flexibility index (Phi) is 5.55. The Morgan fingerprint density at radius 1 is 0.906 bits per heavy atom. The number of halogens is 1. The molecular weight excluding hydrogens is 448 g/mol. The minimum absolute atomic E-state index is 0.259. The van der Waals surface area contributed by atoms with E-state index < -0.39 is 0 Å². The molecule has 1 aliphatic rings. The minimum Gasteiger partial charge on any atom is -0.467 e. The number of amides is 2. The highest BCUT2D eigenvalue weighted by Crippen LogP contribution is 2.28. The summed E-state index contributed by atoms with van der Waals surface area (Å²) in [6.07, 6.45) is 1.62. The second kappa shape index (κ2) is 8.64. The summed E-state index contributed by atoms with van der Waals surface area (Å²) in [6.45, 7) is 0.730. The predicted octanol–water partition coefficient (Wildman–Crippen LogP) is 4.63. The maximum absolute atomic E-state index is 12.6. The highest BCUT2D eigenvalue weighted by atomic mass is 35.5. The molecule has 0 aliphatic carbocycles. The Morgan fingerprint density at radius 3 is 2.28 bits per heavy atom. The van der Waals surface area contributed by atoms with Crippen molar-refractivity contribution in [1.82, 2.24) is 19.7 Å². The van der Waals surface area contributed by atoms with Crippen LogP contribution in [0.4, 0.5) is 0 Å². The molecule has 0 unspecified atom stereocenters. The largest absolute Gasteiger partial charge is 0.467 e. The maximum atomic E-state index is 12.6. The third-order valence-corrected chi connectivity index (χ3v) is 6.34. The van der Waals surface area contributed by atoms with Crippen LogP contribution in [-0.4, -0.2) is 43.8 Å². The molecular formula is C23H17ClN4O3S. The van der Waals surface area contributed by atoms with E-state index >= 15 is 0 Å². The van der Waals surface area contributed by atoms with Gasteiger partial charge in [-0.25, -0.2) is 0 Å². The third kappa shape index (κ3) is 3.83. The van der Waals surface area contributed by atoms with Crippen LogP contribution >= 0.6 is 23.4 Å². The van der Waals surface area contributed by atoms with Crippen molar-refractivity contribution in [3.63, 3.8) is 0 Å². The van der Waals surface area contributed by atoms with Gasteiger partial charge in [-0.05, 0) is 48.5 Å². The van der Waals surface area contributed by atoms with E-state index in [1.165, 1.54) is 16.7 Å². The number of hydrogen-bond acceptors (Lipinski definition) is 6. The fourth-order valence-electron chi connectivity index (χ4n) is 3.58. The Bertz CT molecular complexity index is 1250. The lowest BCUT2D eigenvalue weighted by Crippen LogP contribution is -2.31. The van der Waals surface area contributed by atoms with Gasteiger partial charge in [0.05, 0.1) is 23.9 Å². The molecule has 32 heavy (non-hydrogen) atoms. The van der Waals surface area contributed by atoms with Crippen molar-refractivity contribution in [1.29, 1.82) is 0 Å². The second-order valence-electron chi connectivity index (χ2n) is 7.13. The van der Waals surface area contributed by atoms with Gasteiger partial charge in [-0.15, -0.1) is 10.2 Å². The van der Waals surface area contributed by atoms with Crippen LogP contribution in [-0.2, 0) is 6.54 Å². The number of hydrogen-bond donors (Lipinski definition) is 0. The molecule has 0 radical (unpaired) electrons. The van der Waals surface area contributed by atoms with Crippen LogP contribution in [0.3, 0.4) is 0 Å². The van der Waals surface area contributed by atoms with Crippen molar-refractivity contribution in [2.24, 2.45) is 0 Å². The van der Waals surface area contributed by atoms with Gasteiger partial charge in [0.2, 0.25) is 0 Å². The van der Waals surface area contributed by atoms with Gasteiger partial charge in [0.1, 0.15) is 5.76 Å². The van der Waals surface area contributed by atoms with Crippen LogP contribution in [0.25, 0.3) is 11.4 Å². The average molecular weight is 465 g/mol. The molecule has 0 spiro atoms. The summed E-state index contributed by atoms with van der Waals surface area (Å²) in [7, 11) is 0. The van der Waals surface area contributed by atoms with Crippen molar-refractivity contribution < 1.29 is 14.0 Å². The molecule has 0 fully saturated rings. The molecule has 0 saturated carbocycles. The lowest BCUT2D eigenvalue weighted by molar-refractivity contribution is 0.0664. The molecule has 2 amide bonds. The highest BCUT2D eigenvalue weighted by molar-refractivity contribution is 7.99. The highest BCUT2D eigenvalue weighted by Gasteiger charge is 2.34. The summed E-state index contributed by atoms with van der Waals surface area (Å²) in [6, 6.07) is 18.0. The lowest BCUT2D eigenvalue weighted by atomic mass is 10.1. The summed E-state index contributed by atoms with van der Waals surface area (Å²) >= 11 is 7.46. The topological polar surface area (TPSA) is 81.2 Å². The zero-order valence-corrected chi connectivity index (χ0v) is 18.3. The van der Waals surface area contributed by atoms with E-state index in [2.05, 4.69) is 10.2 Å². The van der Waals surface area contributed by atoms with Crippen molar-refractivity contribution in [2.45, 2.75) is 11.7 Å². The molecule has 7 nitrogen and oxygen atoms in total. The molecule has 0 N–H and O–H groups in total. The third-order valence-electron chi connectivity index (χ3n) is 5.14. The van der Waals surface area contributed by atoms with Crippen molar-refractivity contribution >= 4 is 35.2 Å². The van der Waals surface area contributed by atoms with Gasteiger partial charge < -0.3 is 4.42 Å². The molecule has 0 atom stereocenters. The Hall–Kier alpha value is -3.36. The van der Waals surface area contributed by atoms with E-state index in [4.69, 9.17) is 16.0 Å². The van der Waals surface area contributed by atoms with Gasteiger partial charge in [0.25, 0.3) is 11.8 Å². The first-order valence-electron chi connectivity index (χ1n) is 9.91. The number of carbonyl (C=O) groups excluding carboxylic acids is 2. The fraction of sp³-hybridized carbons (Fsp3) is 0.130. The molecule has 4 aromatic rings. The van der Waals surface area contributed by atoms with E-state index in [-0.39, 0.29) is 18.4 Å². The molecule has 3 heterocycles. The molecule has 2 aromatic carbocycles. The lowest BCUT2D eigenvalue weighted by Gasteiger charge is -2.13. The molecule has 0 bridgehead atoms. The first kappa shape index (κ1) is 20.5. The zero-order valence-electron chi connectivity index (χ0n) is 16.8. The predicted molar refractivity (Wildman–Crippen MR) is 121 cm³/mol. The number of fused-ring (bicyclic) bond motifs is 1. The first-order valence-corrected chi connectivity index (χ1v) is 11.3. The van der Waals surface area contributed by atoms with Crippen molar-refractivity contribution in [3.8, 4) is 11.4 Å². The monoisotopic (exact) mass is 464 g/mol. The minimum atomic E-state index is -0.259. The van der Waals surface area contributed by atoms with Crippen LogP contribution in [0.1, 0.15) is 26.5 Å². The van der Waals surface area contributed by atoms with Gasteiger partial charge in [-0.1, -0.05) is 35.5 Å². The summed E-state index contributed by atoms with van der Waals surface area (Å²) in [5, 5.41) is 10.0.